The number of aliphatic carboxylic acids is 1. The molecule has 1 aliphatic heterocycles. The molecule has 3 N–H and O–H groups in total. The van der Waals surface area contributed by atoms with Gasteiger partial charge in [-0.1, -0.05) is 19.3 Å². The first-order valence-electron chi connectivity index (χ1n) is 9.15. The molecule has 2 heterocycles. The van der Waals surface area contributed by atoms with Crippen LogP contribution < -0.4 is 5.32 Å². The average molecular weight is 358 g/mol. The SMILES string of the molecule is O=C(O)CNC(=O)C1=C(O)C2(CCCCC2)n2cc(C3CC3)cc2C1=O. The van der Waals surface area contributed by atoms with Gasteiger partial charge >= 0.3 is 5.97 Å². The van der Waals surface area contributed by atoms with E-state index < -0.39 is 29.7 Å². The maximum Gasteiger partial charge on any atom is 0.322 e. The molecule has 0 aromatic carbocycles. The molecule has 0 bridgehead atoms. The highest BCUT2D eigenvalue weighted by atomic mass is 16.4. The summed E-state index contributed by atoms with van der Waals surface area (Å²) in [7, 11) is 0. The number of allylic oxidation sites excluding steroid dienone is 1. The Morgan fingerprint density at radius 1 is 1.23 bits per heavy atom. The van der Waals surface area contributed by atoms with Crippen molar-refractivity contribution in [1.29, 1.82) is 0 Å². The van der Waals surface area contributed by atoms with Crippen molar-refractivity contribution in [3.8, 4) is 0 Å². The Balaban J connectivity index is 1.80. The Kier molecular flexibility index (Phi) is 3.89. The van der Waals surface area contributed by atoms with E-state index in [4.69, 9.17) is 5.11 Å². The first-order chi connectivity index (χ1) is 12.4. The van der Waals surface area contributed by atoms with E-state index in [1.165, 1.54) is 0 Å². The molecule has 2 fully saturated rings. The van der Waals surface area contributed by atoms with Crippen molar-refractivity contribution in [2.75, 3.05) is 6.54 Å². The zero-order chi connectivity index (χ0) is 18.5. The van der Waals surface area contributed by atoms with Crippen LogP contribution in [0.5, 0.6) is 0 Å². The van der Waals surface area contributed by atoms with Crippen LogP contribution in [0.4, 0.5) is 0 Å². The molecule has 2 saturated carbocycles. The Hall–Kier alpha value is -2.57. The second-order valence-corrected chi connectivity index (χ2v) is 7.52. The third-order valence-corrected chi connectivity index (χ3v) is 5.80. The molecule has 3 aliphatic rings. The minimum absolute atomic E-state index is 0.212. The van der Waals surface area contributed by atoms with E-state index in [0.717, 1.165) is 37.7 Å². The van der Waals surface area contributed by atoms with Crippen LogP contribution in [0.3, 0.4) is 0 Å². The largest absolute Gasteiger partial charge is 0.509 e. The van der Waals surface area contributed by atoms with E-state index in [-0.39, 0.29) is 11.3 Å². The number of nitrogens with zero attached hydrogens (tertiary/aromatic N) is 1. The van der Waals surface area contributed by atoms with E-state index in [9.17, 15) is 19.5 Å². The standard InChI is InChI=1S/C19H22N2O5/c22-14(23)9-20-18(26)15-16(24)13-8-12(11-4-5-11)10-21(13)19(17(15)25)6-2-1-3-7-19/h8,10-11,25H,1-7,9H2,(H,20,26)(H,22,23). The molecule has 4 rings (SSSR count). The minimum atomic E-state index is -1.20. The van der Waals surface area contributed by atoms with E-state index >= 15 is 0 Å². The third-order valence-electron chi connectivity index (χ3n) is 5.80. The van der Waals surface area contributed by atoms with Gasteiger partial charge in [-0.2, -0.15) is 0 Å². The van der Waals surface area contributed by atoms with Gasteiger partial charge in [-0.05, 0) is 43.2 Å². The predicted molar refractivity (Wildman–Crippen MR) is 92.1 cm³/mol. The fourth-order valence-electron chi connectivity index (χ4n) is 4.30. The molecule has 0 saturated heterocycles. The molecule has 26 heavy (non-hydrogen) atoms. The summed E-state index contributed by atoms with van der Waals surface area (Å²) in [4.78, 5) is 36.2. The molecule has 0 unspecified atom stereocenters. The second kappa shape index (κ2) is 6.00. The molecule has 1 amide bonds. The van der Waals surface area contributed by atoms with Crippen LogP contribution in [0.15, 0.2) is 23.6 Å². The number of carbonyl (C=O) groups is 3. The number of aliphatic hydroxyl groups excluding tert-OH is 1. The highest BCUT2D eigenvalue weighted by molar-refractivity contribution is 6.26. The topological polar surface area (TPSA) is 109 Å². The van der Waals surface area contributed by atoms with Crippen LogP contribution in [0.2, 0.25) is 0 Å². The average Bonchev–Trinajstić information content (AvgIpc) is 3.37. The number of rotatable bonds is 4. The summed E-state index contributed by atoms with van der Waals surface area (Å²) in [5, 5.41) is 22.0. The van der Waals surface area contributed by atoms with Crippen molar-refractivity contribution < 1.29 is 24.6 Å². The Morgan fingerprint density at radius 3 is 2.54 bits per heavy atom. The summed E-state index contributed by atoms with van der Waals surface area (Å²) < 4.78 is 1.88. The molecule has 1 spiro atoms. The number of hydrogen-bond acceptors (Lipinski definition) is 4. The number of hydrogen-bond donors (Lipinski definition) is 3. The van der Waals surface area contributed by atoms with E-state index in [1.54, 1.807) is 0 Å². The van der Waals surface area contributed by atoms with Crippen molar-refractivity contribution in [3.05, 3.63) is 34.9 Å². The fourth-order valence-corrected chi connectivity index (χ4v) is 4.30. The molecule has 7 heteroatoms. The van der Waals surface area contributed by atoms with Crippen molar-refractivity contribution in [2.24, 2.45) is 0 Å². The first-order valence-corrected chi connectivity index (χ1v) is 9.15. The van der Waals surface area contributed by atoms with Gasteiger partial charge in [0.1, 0.15) is 23.4 Å². The quantitative estimate of drug-likeness (QED) is 0.715. The van der Waals surface area contributed by atoms with Gasteiger partial charge in [0.05, 0.1) is 5.69 Å². The summed E-state index contributed by atoms with van der Waals surface area (Å²) >= 11 is 0. The van der Waals surface area contributed by atoms with Crippen LogP contribution in [0, 0.1) is 0 Å². The smallest absolute Gasteiger partial charge is 0.322 e. The number of fused-ring (bicyclic) bond motifs is 2. The maximum atomic E-state index is 12.9. The summed E-state index contributed by atoms with van der Waals surface area (Å²) in [5.74, 6) is -2.31. The Labute approximate surface area is 150 Å². The fraction of sp³-hybridized carbons (Fsp3) is 0.526. The van der Waals surface area contributed by atoms with Crippen LogP contribution in [0.1, 0.15) is 66.9 Å². The van der Waals surface area contributed by atoms with Gasteiger partial charge in [0.25, 0.3) is 5.91 Å². The number of amides is 1. The summed E-state index contributed by atoms with van der Waals surface area (Å²) in [5.41, 5.74) is 0.427. The number of carboxylic acids is 1. The maximum absolute atomic E-state index is 12.9. The van der Waals surface area contributed by atoms with Crippen molar-refractivity contribution in [2.45, 2.75) is 56.4 Å². The van der Waals surface area contributed by atoms with Gasteiger partial charge in [-0.15, -0.1) is 0 Å². The molecular formula is C19H22N2O5. The number of Topliss-reactive ketones (excluding diaryl/α,β-unsaturated/α-hetero) is 1. The zero-order valence-electron chi connectivity index (χ0n) is 14.5. The molecule has 2 aliphatic carbocycles. The summed E-state index contributed by atoms with van der Waals surface area (Å²) in [6.07, 6.45) is 8.33. The molecule has 1 aromatic heterocycles. The van der Waals surface area contributed by atoms with Crippen molar-refractivity contribution in [1.82, 2.24) is 9.88 Å². The van der Waals surface area contributed by atoms with Gasteiger partial charge in [0.15, 0.2) is 0 Å². The Bertz CT molecular complexity index is 825. The first kappa shape index (κ1) is 16.9. The van der Waals surface area contributed by atoms with E-state index in [0.29, 0.717) is 24.5 Å². The van der Waals surface area contributed by atoms with Crippen molar-refractivity contribution in [3.63, 3.8) is 0 Å². The Morgan fingerprint density at radius 2 is 1.92 bits per heavy atom. The van der Waals surface area contributed by atoms with Gasteiger partial charge < -0.3 is 20.1 Å². The number of carbonyl (C=O) groups excluding carboxylic acids is 2. The van der Waals surface area contributed by atoms with Gasteiger partial charge in [-0.25, -0.2) is 0 Å². The lowest BCUT2D eigenvalue weighted by molar-refractivity contribution is -0.137. The normalized spacial score (nSPS) is 21.6. The number of aromatic nitrogens is 1. The molecule has 0 atom stereocenters. The summed E-state index contributed by atoms with van der Waals surface area (Å²) in [6, 6.07) is 1.84. The van der Waals surface area contributed by atoms with Gasteiger partial charge in [0, 0.05) is 6.20 Å². The van der Waals surface area contributed by atoms with Crippen LogP contribution in [-0.2, 0) is 15.1 Å². The molecule has 138 valence electrons. The molecule has 7 nitrogen and oxygen atoms in total. The molecule has 0 radical (unpaired) electrons. The third kappa shape index (κ3) is 2.53. The van der Waals surface area contributed by atoms with Crippen LogP contribution >= 0.6 is 0 Å². The van der Waals surface area contributed by atoms with E-state index in [2.05, 4.69) is 5.32 Å². The number of aliphatic hydroxyl groups is 1. The number of ketones is 1. The van der Waals surface area contributed by atoms with Crippen LogP contribution in [-0.4, -0.2) is 39.0 Å². The van der Waals surface area contributed by atoms with Gasteiger partial charge in [0.2, 0.25) is 5.78 Å². The minimum Gasteiger partial charge on any atom is -0.509 e. The predicted octanol–water partition coefficient (Wildman–Crippen LogP) is 2.23. The molecule has 1 aromatic rings. The van der Waals surface area contributed by atoms with Crippen molar-refractivity contribution >= 4 is 17.7 Å². The monoisotopic (exact) mass is 358 g/mol. The highest BCUT2D eigenvalue weighted by Gasteiger charge is 2.48. The van der Waals surface area contributed by atoms with Crippen LogP contribution in [0.25, 0.3) is 0 Å². The lowest BCUT2D eigenvalue weighted by Crippen LogP contribution is -2.46. The number of nitrogens with one attached hydrogen (secondary N) is 1. The second-order valence-electron chi connectivity index (χ2n) is 7.52. The number of carboxylic acid groups (broad SMARTS) is 1. The zero-order valence-corrected chi connectivity index (χ0v) is 14.5. The molecular weight excluding hydrogens is 336 g/mol. The van der Waals surface area contributed by atoms with Gasteiger partial charge in [-0.3, -0.25) is 14.4 Å². The lowest BCUT2D eigenvalue weighted by Gasteiger charge is -2.42. The lowest BCUT2D eigenvalue weighted by atomic mass is 9.75. The van der Waals surface area contributed by atoms with E-state index in [1.807, 2.05) is 16.8 Å². The summed E-state index contributed by atoms with van der Waals surface area (Å²) in [6.45, 7) is -0.593. The highest BCUT2D eigenvalue weighted by Crippen LogP contribution is 2.48.